The van der Waals surface area contributed by atoms with Crippen molar-refractivity contribution >= 4 is 23.2 Å². The van der Waals surface area contributed by atoms with Crippen molar-refractivity contribution in [2.45, 2.75) is 51.7 Å². The molecule has 0 radical (unpaired) electrons. The number of nitrogens with zero attached hydrogens (tertiary/aromatic N) is 2. The van der Waals surface area contributed by atoms with E-state index in [1.165, 1.54) is 0 Å². The van der Waals surface area contributed by atoms with Gasteiger partial charge in [0.2, 0.25) is 5.91 Å². The molecule has 4 rings (SSSR count). The second-order valence-corrected chi connectivity index (χ2v) is 8.85. The van der Waals surface area contributed by atoms with Crippen molar-refractivity contribution in [3.8, 4) is 5.75 Å². The average Bonchev–Trinajstić information content (AvgIpc) is 3.49. The van der Waals surface area contributed by atoms with Crippen LogP contribution in [0.2, 0.25) is 0 Å². The van der Waals surface area contributed by atoms with Crippen molar-refractivity contribution in [1.29, 1.82) is 0 Å². The predicted molar refractivity (Wildman–Crippen MR) is 112 cm³/mol. The summed E-state index contributed by atoms with van der Waals surface area (Å²) in [5, 5.41) is 5.87. The predicted octanol–water partition coefficient (Wildman–Crippen LogP) is 3.72. The van der Waals surface area contributed by atoms with E-state index in [9.17, 15) is 9.59 Å². The standard InChI is InChI=1S/C22H27N3O3S/c1-14-13-29-21(23-14)15(2)24-20(26)16-5-7-18(8-6-16)28-19-9-11-25(12-10-19)22(27)17-3-4-17/h5-8,13,15,17,19H,3-4,9-12H2,1-2H3,(H,24,26). The smallest absolute Gasteiger partial charge is 0.251 e. The zero-order valence-corrected chi connectivity index (χ0v) is 17.7. The Hall–Kier alpha value is -2.41. The highest BCUT2D eigenvalue weighted by Gasteiger charge is 2.35. The summed E-state index contributed by atoms with van der Waals surface area (Å²) in [4.78, 5) is 31.0. The van der Waals surface area contributed by atoms with Crippen LogP contribution in [0, 0.1) is 12.8 Å². The summed E-state index contributed by atoms with van der Waals surface area (Å²) in [5.74, 6) is 1.25. The van der Waals surface area contributed by atoms with Gasteiger partial charge in [-0.25, -0.2) is 4.98 Å². The van der Waals surface area contributed by atoms with Gasteiger partial charge in [-0.15, -0.1) is 11.3 Å². The molecule has 7 heteroatoms. The van der Waals surface area contributed by atoms with Crippen LogP contribution in [-0.4, -0.2) is 40.9 Å². The van der Waals surface area contributed by atoms with E-state index in [1.807, 2.05) is 36.3 Å². The molecule has 29 heavy (non-hydrogen) atoms. The van der Waals surface area contributed by atoms with Gasteiger partial charge in [0.15, 0.2) is 0 Å². The van der Waals surface area contributed by atoms with E-state index >= 15 is 0 Å². The van der Waals surface area contributed by atoms with Crippen LogP contribution in [-0.2, 0) is 4.79 Å². The Morgan fingerprint density at radius 2 is 1.86 bits per heavy atom. The topological polar surface area (TPSA) is 71.5 Å². The number of carbonyl (C=O) groups is 2. The van der Waals surface area contributed by atoms with Crippen LogP contribution >= 0.6 is 11.3 Å². The molecular formula is C22H27N3O3S. The average molecular weight is 414 g/mol. The zero-order chi connectivity index (χ0) is 20.4. The van der Waals surface area contributed by atoms with Crippen molar-refractivity contribution in [1.82, 2.24) is 15.2 Å². The molecule has 1 aromatic heterocycles. The summed E-state index contributed by atoms with van der Waals surface area (Å²) in [6.45, 7) is 5.43. The van der Waals surface area contributed by atoms with Crippen LogP contribution in [0.3, 0.4) is 0 Å². The molecule has 1 atom stereocenters. The lowest BCUT2D eigenvalue weighted by Gasteiger charge is -2.32. The molecule has 0 bridgehead atoms. The fourth-order valence-corrected chi connectivity index (χ4v) is 4.38. The first kappa shape index (κ1) is 19.9. The number of hydrogen-bond acceptors (Lipinski definition) is 5. The molecule has 2 fully saturated rings. The molecule has 2 aliphatic rings. The minimum Gasteiger partial charge on any atom is -0.490 e. The van der Waals surface area contributed by atoms with Crippen molar-refractivity contribution in [2.24, 2.45) is 5.92 Å². The Kier molecular flexibility index (Phi) is 5.85. The lowest BCUT2D eigenvalue weighted by molar-refractivity contribution is -0.134. The fraction of sp³-hybridized carbons (Fsp3) is 0.500. The van der Waals surface area contributed by atoms with Crippen LogP contribution in [0.4, 0.5) is 0 Å². The van der Waals surface area contributed by atoms with E-state index < -0.39 is 0 Å². The number of rotatable bonds is 6. The maximum Gasteiger partial charge on any atom is 0.251 e. The lowest BCUT2D eigenvalue weighted by atomic mass is 10.1. The number of thiazole rings is 1. The minimum absolute atomic E-state index is 0.117. The first-order chi connectivity index (χ1) is 14.0. The number of benzene rings is 1. The number of aromatic nitrogens is 1. The Morgan fingerprint density at radius 3 is 2.45 bits per heavy atom. The number of piperidine rings is 1. The highest BCUT2D eigenvalue weighted by atomic mass is 32.1. The number of likely N-dealkylation sites (tertiary alicyclic amines) is 1. The van der Waals surface area contributed by atoms with Crippen LogP contribution in [0.25, 0.3) is 0 Å². The van der Waals surface area contributed by atoms with Crippen LogP contribution in [0.15, 0.2) is 29.6 Å². The van der Waals surface area contributed by atoms with Gasteiger partial charge >= 0.3 is 0 Å². The molecule has 2 amide bonds. The lowest BCUT2D eigenvalue weighted by Crippen LogP contribution is -2.42. The molecule has 1 N–H and O–H groups in total. The first-order valence-corrected chi connectivity index (χ1v) is 11.2. The number of nitrogens with one attached hydrogen (secondary N) is 1. The summed E-state index contributed by atoms with van der Waals surface area (Å²) in [5.41, 5.74) is 1.57. The monoisotopic (exact) mass is 413 g/mol. The summed E-state index contributed by atoms with van der Waals surface area (Å²) in [6.07, 6.45) is 3.93. The Morgan fingerprint density at radius 1 is 1.17 bits per heavy atom. The number of aryl methyl sites for hydroxylation is 1. The third-order valence-corrected chi connectivity index (χ3v) is 6.60. The number of amides is 2. The van der Waals surface area contributed by atoms with Crippen molar-refractivity contribution in [3.63, 3.8) is 0 Å². The van der Waals surface area contributed by atoms with Crippen LogP contribution < -0.4 is 10.1 Å². The Balaban J connectivity index is 1.26. The molecular weight excluding hydrogens is 386 g/mol. The first-order valence-electron chi connectivity index (χ1n) is 10.3. The second kappa shape index (κ2) is 8.53. The molecule has 1 aliphatic heterocycles. The molecule has 1 aromatic carbocycles. The molecule has 2 heterocycles. The van der Waals surface area contributed by atoms with Crippen molar-refractivity contribution in [2.75, 3.05) is 13.1 Å². The zero-order valence-electron chi connectivity index (χ0n) is 16.9. The van der Waals surface area contributed by atoms with E-state index in [-0.39, 0.29) is 24.0 Å². The van der Waals surface area contributed by atoms with Gasteiger partial charge in [0.1, 0.15) is 16.9 Å². The minimum atomic E-state index is -0.124. The number of hydrogen-bond donors (Lipinski definition) is 1. The van der Waals surface area contributed by atoms with Gasteiger partial charge < -0.3 is 15.0 Å². The van der Waals surface area contributed by atoms with Gasteiger partial charge in [-0.05, 0) is 51.0 Å². The fourth-order valence-electron chi connectivity index (χ4n) is 3.57. The SMILES string of the molecule is Cc1csc(C(C)NC(=O)c2ccc(OC3CCN(C(=O)C4CC4)CC3)cc2)n1. The van der Waals surface area contributed by atoms with Crippen molar-refractivity contribution in [3.05, 3.63) is 45.9 Å². The largest absolute Gasteiger partial charge is 0.490 e. The van der Waals surface area contributed by atoms with Crippen LogP contribution in [0.1, 0.15) is 59.7 Å². The van der Waals surface area contributed by atoms with Crippen LogP contribution in [0.5, 0.6) is 5.75 Å². The summed E-state index contributed by atoms with van der Waals surface area (Å²) in [7, 11) is 0. The molecule has 1 aliphatic carbocycles. The van der Waals surface area contributed by atoms with E-state index in [0.717, 1.165) is 55.2 Å². The molecule has 0 spiro atoms. The maximum atomic E-state index is 12.5. The molecule has 1 saturated carbocycles. The number of carbonyl (C=O) groups excluding carboxylic acids is 2. The third kappa shape index (κ3) is 4.96. The molecule has 154 valence electrons. The number of ether oxygens (including phenoxy) is 1. The normalized spacial score (nSPS) is 18.3. The third-order valence-electron chi connectivity index (χ3n) is 5.45. The van der Waals surface area contributed by atoms with E-state index in [1.54, 1.807) is 23.5 Å². The van der Waals surface area contributed by atoms with Gasteiger partial charge in [-0.1, -0.05) is 0 Å². The molecule has 6 nitrogen and oxygen atoms in total. The highest BCUT2D eigenvalue weighted by Crippen LogP contribution is 2.32. The van der Waals surface area contributed by atoms with Crippen molar-refractivity contribution < 1.29 is 14.3 Å². The van der Waals surface area contributed by atoms with Gasteiger partial charge in [0.25, 0.3) is 5.91 Å². The van der Waals surface area contributed by atoms with Gasteiger partial charge in [0, 0.05) is 48.5 Å². The molecule has 1 unspecified atom stereocenters. The Labute approximate surface area is 175 Å². The van der Waals surface area contributed by atoms with Gasteiger partial charge in [-0.3, -0.25) is 9.59 Å². The highest BCUT2D eigenvalue weighted by molar-refractivity contribution is 7.09. The Bertz CT molecular complexity index is 868. The van der Waals surface area contributed by atoms with Gasteiger partial charge in [-0.2, -0.15) is 0 Å². The summed E-state index contributed by atoms with van der Waals surface area (Å²) < 4.78 is 6.07. The molecule has 2 aromatic rings. The quantitative estimate of drug-likeness (QED) is 0.783. The summed E-state index contributed by atoms with van der Waals surface area (Å²) >= 11 is 1.55. The summed E-state index contributed by atoms with van der Waals surface area (Å²) in [6, 6.07) is 7.14. The molecule has 1 saturated heterocycles. The van der Waals surface area contributed by atoms with E-state index in [0.29, 0.717) is 11.5 Å². The maximum absolute atomic E-state index is 12.5. The van der Waals surface area contributed by atoms with Gasteiger partial charge in [0.05, 0.1) is 6.04 Å². The van der Waals surface area contributed by atoms with E-state index in [2.05, 4.69) is 10.3 Å². The second-order valence-electron chi connectivity index (χ2n) is 7.96. The van der Waals surface area contributed by atoms with E-state index in [4.69, 9.17) is 4.74 Å².